The molecule has 0 spiro atoms. The van der Waals surface area contributed by atoms with Gasteiger partial charge in [-0.15, -0.1) is 28.3 Å². The van der Waals surface area contributed by atoms with Gasteiger partial charge in [0.2, 0.25) is 0 Å². The number of fused-ring (bicyclic) bond motifs is 1. The Labute approximate surface area is 186 Å². The average Bonchev–Trinajstić information content (AvgIpc) is 3.09. The molecule has 0 saturated heterocycles. The van der Waals surface area contributed by atoms with E-state index in [9.17, 15) is 5.11 Å². The zero-order valence-corrected chi connectivity index (χ0v) is 19.2. The molecular weight excluding hydrogens is 500 g/mol. The Bertz CT molecular complexity index is 1130. The first-order valence-corrected chi connectivity index (χ1v) is 10.5. The number of aliphatic hydroxyl groups excluding tert-OH is 1. The summed E-state index contributed by atoms with van der Waals surface area (Å²) < 4.78 is 3.26. The topological polar surface area (TPSA) is 37.5 Å². The standard InChI is InChI=1S/C22H19BrN2OS.BrH/c23-18-11-9-17(10-12-18)21-15-27-22(25(21)13-4-14-26)24-20-8-3-6-16-5-1-2-7-19(16)20;/h1-3,5-12,15,26H,4,13-14H2;1H. The summed E-state index contributed by atoms with van der Waals surface area (Å²) in [5.74, 6) is 0. The highest BCUT2D eigenvalue weighted by Crippen LogP contribution is 2.27. The van der Waals surface area contributed by atoms with Gasteiger partial charge in [0.05, 0.1) is 11.4 Å². The summed E-state index contributed by atoms with van der Waals surface area (Å²) in [5, 5.41) is 13.8. The number of halogens is 2. The van der Waals surface area contributed by atoms with Gasteiger partial charge in [-0.3, -0.25) is 0 Å². The van der Waals surface area contributed by atoms with Crippen molar-refractivity contribution in [2.24, 2.45) is 4.99 Å². The Balaban J connectivity index is 0.00000225. The fourth-order valence-corrected chi connectivity index (χ4v) is 4.34. The van der Waals surface area contributed by atoms with Crippen molar-refractivity contribution in [3.8, 4) is 11.3 Å². The highest BCUT2D eigenvalue weighted by molar-refractivity contribution is 9.10. The number of benzene rings is 3. The molecule has 0 atom stereocenters. The molecule has 1 heterocycles. The van der Waals surface area contributed by atoms with Crippen molar-refractivity contribution in [1.29, 1.82) is 0 Å². The molecule has 144 valence electrons. The monoisotopic (exact) mass is 518 g/mol. The minimum absolute atomic E-state index is 0. The molecule has 0 radical (unpaired) electrons. The minimum Gasteiger partial charge on any atom is -0.396 e. The SMILES string of the molecule is Br.OCCCn1c(-c2ccc(Br)cc2)csc1=Nc1cccc2ccccc12. The van der Waals surface area contributed by atoms with E-state index in [1.54, 1.807) is 11.3 Å². The molecule has 0 aliphatic heterocycles. The van der Waals surface area contributed by atoms with Crippen molar-refractivity contribution in [2.45, 2.75) is 13.0 Å². The van der Waals surface area contributed by atoms with Crippen molar-refractivity contribution in [2.75, 3.05) is 6.61 Å². The van der Waals surface area contributed by atoms with E-state index in [-0.39, 0.29) is 23.6 Å². The van der Waals surface area contributed by atoms with Gasteiger partial charge in [0.1, 0.15) is 0 Å². The second-order valence-corrected chi connectivity index (χ2v) is 8.00. The van der Waals surface area contributed by atoms with Crippen LogP contribution in [0, 0.1) is 0 Å². The average molecular weight is 520 g/mol. The molecule has 6 heteroatoms. The fourth-order valence-electron chi connectivity index (χ4n) is 3.12. The molecule has 28 heavy (non-hydrogen) atoms. The summed E-state index contributed by atoms with van der Waals surface area (Å²) in [4.78, 5) is 5.92. The largest absolute Gasteiger partial charge is 0.396 e. The molecule has 0 bridgehead atoms. The zero-order chi connectivity index (χ0) is 18.6. The third-order valence-electron chi connectivity index (χ3n) is 4.46. The lowest BCUT2D eigenvalue weighted by Gasteiger charge is -2.09. The van der Waals surface area contributed by atoms with Crippen molar-refractivity contribution in [3.63, 3.8) is 0 Å². The summed E-state index contributed by atoms with van der Waals surface area (Å²) >= 11 is 5.13. The van der Waals surface area contributed by atoms with E-state index in [1.165, 1.54) is 5.39 Å². The van der Waals surface area contributed by atoms with E-state index >= 15 is 0 Å². The van der Waals surface area contributed by atoms with Gasteiger partial charge in [-0.25, -0.2) is 4.99 Å². The molecule has 0 saturated carbocycles. The molecule has 0 amide bonds. The van der Waals surface area contributed by atoms with Crippen LogP contribution in [0.2, 0.25) is 0 Å². The minimum atomic E-state index is 0. The van der Waals surface area contributed by atoms with Gasteiger partial charge in [-0.1, -0.05) is 64.5 Å². The van der Waals surface area contributed by atoms with Crippen LogP contribution >= 0.6 is 44.2 Å². The van der Waals surface area contributed by atoms with E-state index in [2.05, 4.69) is 62.3 Å². The molecule has 0 aliphatic carbocycles. The van der Waals surface area contributed by atoms with E-state index < -0.39 is 0 Å². The normalized spacial score (nSPS) is 11.6. The van der Waals surface area contributed by atoms with Gasteiger partial charge in [-0.05, 0) is 35.6 Å². The van der Waals surface area contributed by atoms with Crippen molar-refractivity contribution >= 4 is 60.7 Å². The number of hydrogen-bond acceptors (Lipinski definition) is 3. The van der Waals surface area contributed by atoms with Crippen LogP contribution < -0.4 is 4.80 Å². The highest BCUT2D eigenvalue weighted by Gasteiger charge is 2.09. The molecular formula is C22H20Br2N2OS. The Morgan fingerprint density at radius 2 is 1.71 bits per heavy atom. The predicted molar refractivity (Wildman–Crippen MR) is 127 cm³/mol. The maximum Gasteiger partial charge on any atom is 0.190 e. The fraction of sp³-hybridized carbons (Fsp3) is 0.136. The van der Waals surface area contributed by atoms with Crippen LogP contribution in [0.4, 0.5) is 5.69 Å². The molecule has 1 N–H and O–H groups in total. The van der Waals surface area contributed by atoms with Crippen LogP contribution in [0.15, 0.2) is 81.6 Å². The quantitative estimate of drug-likeness (QED) is 0.329. The first-order valence-electron chi connectivity index (χ1n) is 8.84. The van der Waals surface area contributed by atoms with Crippen molar-refractivity contribution < 1.29 is 5.11 Å². The molecule has 4 aromatic rings. The van der Waals surface area contributed by atoms with Gasteiger partial charge in [0, 0.05) is 28.4 Å². The molecule has 1 aromatic heterocycles. The smallest absolute Gasteiger partial charge is 0.190 e. The van der Waals surface area contributed by atoms with Gasteiger partial charge >= 0.3 is 0 Å². The van der Waals surface area contributed by atoms with E-state index in [1.807, 2.05) is 30.3 Å². The van der Waals surface area contributed by atoms with Gasteiger partial charge in [0.25, 0.3) is 0 Å². The summed E-state index contributed by atoms with van der Waals surface area (Å²) in [6.07, 6.45) is 0.697. The number of hydrogen-bond donors (Lipinski definition) is 1. The lowest BCUT2D eigenvalue weighted by atomic mass is 10.1. The van der Waals surface area contributed by atoms with E-state index in [0.717, 1.165) is 38.1 Å². The van der Waals surface area contributed by atoms with E-state index in [4.69, 9.17) is 4.99 Å². The number of aromatic nitrogens is 1. The maximum atomic E-state index is 9.34. The third kappa shape index (κ3) is 4.46. The molecule has 0 unspecified atom stereocenters. The molecule has 4 rings (SSSR count). The predicted octanol–water partition coefficient (Wildman–Crippen LogP) is 6.33. The second-order valence-electron chi connectivity index (χ2n) is 6.25. The molecule has 3 aromatic carbocycles. The Morgan fingerprint density at radius 3 is 2.50 bits per heavy atom. The number of nitrogens with zero attached hydrogens (tertiary/aromatic N) is 2. The summed E-state index contributed by atoms with van der Waals surface area (Å²) in [7, 11) is 0. The Morgan fingerprint density at radius 1 is 0.964 bits per heavy atom. The number of rotatable bonds is 5. The zero-order valence-electron chi connectivity index (χ0n) is 15.1. The van der Waals surface area contributed by atoms with Crippen LogP contribution in [0.25, 0.3) is 22.0 Å². The lowest BCUT2D eigenvalue weighted by Crippen LogP contribution is -2.16. The van der Waals surface area contributed by atoms with Gasteiger partial charge in [0.15, 0.2) is 4.80 Å². The van der Waals surface area contributed by atoms with Crippen LogP contribution in [0.5, 0.6) is 0 Å². The van der Waals surface area contributed by atoms with Crippen molar-refractivity contribution in [1.82, 2.24) is 4.57 Å². The number of thiazole rings is 1. The van der Waals surface area contributed by atoms with Gasteiger partial charge < -0.3 is 9.67 Å². The Hall–Kier alpha value is -1.73. The first-order chi connectivity index (χ1) is 13.3. The van der Waals surface area contributed by atoms with Crippen LogP contribution in [0.3, 0.4) is 0 Å². The van der Waals surface area contributed by atoms with Crippen molar-refractivity contribution in [3.05, 3.63) is 81.4 Å². The summed E-state index contributed by atoms with van der Waals surface area (Å²) in [5.41, 5.74) is 3.24. The summed E-state index contributed by atoms with van der Waals surface area (Å²) in [6, 6.07) is 22.8. The first kappa shape index (κ1) is 21.0. The highest BCUT2D eigenvalue weighted by atomic mass is 79.9. The Kier molecular flexibility index (Phi) is 7.24. The van der Waals surface area contributed by atoms with E-state index in [0.29, 0.717) is 6.42 Å². The van der Waals surface area contributed by atoms with Crippen LogP contribution in [-0.2, 0) is 6.54 Å². The van der Waals surface area contributed by atoms with Crippen LogP contribution in [0.1, 0.15) is 6.42 Å². The lowest BCUT2D eigenvalue weighted by molar-refractivity contribution is 0.279. The van der Waals surface area contributed by atoms with Gasteiger partial charge in [-0.2, -0.15) is 0 Å². The number of aliphatic hydroxyl groups is 1. The summed E-state index contributed by atoms with van der Waals surface area (Å²) in [6.45, 7) is 0.894. The third-order valence-corrected chi connectivity index (χ3v) is 5.85. The maximum absolute atomic E-state index is 9.34. The molecule has 3 nitrogen and oxygen atoms in total. The molecule has 0 aliphatic rings. The second kappa shape index (κ2) is 9.65. The molecule has 0 fully saturated rings. The van der Waals surface area contributed by atoms with Crippen LogP contribution in [-0.4, -0.2) is 16.3 Å².